The van der Waals surface area contributed by atoms with Gasteiger partial charge in [0.2, 0.25) is 0 Å². The predicted molar refractivity (Wildman–Crippen MR) is 107 cm³/mol. The number of ether oxygens (including phenoxy) is 1. The van der Waals surface area contributed by atoms with Gasteiger partial charge >= 0.3 is 5.97 Å². The first kappa shape index (κ1) is 18.1. The number of rotatable bonds is 2. The molecule has 2 aliphatic carbocycles. The highest BCUT2D eigenvalue weighted by atomic mass is 32.1. The second kappa shape index (κ2) is 6.28. The molecule has 0 spiro atoms. The van der Waals surface area contributed by atoms with Crippen LogP contribution in [0.3, 0.4) is 0 Å². The zero-order valence-electron chi connectivity index (χ0n) is 16.4. The van der Waals surface area contributed by atoms with Gasteiger partial charge in [0.1, 0.15) is 11.9 Å². The third-order valence-electron chi connectivity index (χ3n) is 7.25. The zero-order chi connectivity index (χ0) is 19.6. The molecule has 0 radical (unpaired) electrons. The molecule has 6 heteroatoms. The van der Waals surface area contributed by atoms with Crippen molar-refractivity contribution in [2.45, 2.75) is 52.1 Å². The topological polar surface area (TPSA) is 51.2 Å². The third kappa shape index (κ3) is 2.68. The van der Waals surface area contributed by atoms with Gasteiger partial charge in [0.25, 0.3) is 0 Å². The summed E-state index contributed by atoms with van der Waals surface area (Å²) in [6.45, 7) is 6.61. The second-order valence-corrected chi connectivity index (χ2v) is 10.1. The number of esters is 1. The van der Waals surface area contributed by atoms with Crippen LogP contribution in [-0.2, 0) is 16.0 Å². The number of hydrogen-bond acceptors (Lipinski definition) is 5. The highest BCUT2D eigenvalue weighted by Crippen LogP contribution is 2.59. The maximum Gasteiger partial charge on any atom is 0.309 e. The van der Waals surface area contributed by atoms with Crippen LogP contribution in [0, 0.1) is 29.0 Å². The molecular weight excluding hydrogens is 375 g/mol. The summed E-state index contributed by atoms with van der Waals surface area (Å²) in [5.74, 6) is 0.631. The summed E-state index contributed by atoms with van der Waals surface area (Å²) in [6.07, 6.45) is 3.18. The molecule has 1 aromatic carbocycles. The molecule has 148 valence electrons. The minimum atomic E-state index is -0.246. The fourth-order valence-corrected chi connectivity index (χ4v) is 7.07. The van der Waals surface area contributed by atoms with Gasteiger partial charge in [-0.3, -0.25) is 4.79 Å². The monoisotopic (exact) mass is 400 g/mol. The molecule has 1 aliphatic heterocycles. The quantitative estimate of drug-likeness (QED) is 0.697. The van der Waals surface area contributed by atoms with Crippen LogP contribution in [0.25, 0.3) is 0 Å². The summed E-state index contributed by atoms with van der Waals surface area (Å²) < 4.78 is 19.1. The largest absolute Gasteiger partial charge is 0.461 e. The van der Waals surface area contributed by atoms with Crippen LogP contribution < -0.4 is 5.32 Å². The van der Waals surface area contributed by atoms with Gasteiger partial charge in [0.05, 0.1) is 11.6 Å². The highest BCUT2D eigenvalue weighted by molar-refractivity contribution is 7.15. The SMILES string of the molecule is CC1C(=O)OC2C1CCC1(C)Cc3sc(Nc4ccc(F)cc4)nc3C(C)C21. The smallest absolute Gasteiger partial charge is 0.309 e. The molecule has 0 amide bonds. The first-order valence-corrected chi connectivity index (χ1v) is 10.9. The lowest BCUT2D eigenvalue weighted by Crippen LogP contribution is -2.50. The van der Waals surface area contributed by atoms with Gasteiger partial charge < -0.3 is 10.1 Å². The molecule has 2 fully saturated rings. The molecule has 5 rings (SSSR count). The minimum Gasteiger partial charge on any atom is -0.461 e. The first-order chi connectivity index (χ1) is 13.4. The fourth-order valence-electron chi connectivity index (χ4n) is 5.79. The van der Waals surface area contributed by atoms with E-state index in [2.05, 4.69) is 19.2 Å². The van der Waals surface area contributed by atoms with Crippen molar-refractivity contribution in [1.29, 1.82) is 0 Å². The van der Waals surface area contributed by atoms with Crippen LogP contribution >= 0.6 is 11.3 Å². The second-order valence-electron chi connectivity index (χ2n) is 9.00. The Bertz CT molecular complexity index is 927. The van der Waals surface area contributed by atoms with Gasteiger partial charge in [-0.2, -0.15) is 0 Å². The lowest BCUT2D eigenvalue weighted by atomic mass is 9.54. The molecule has 0 bridgehead atoms. The van der Waals surface area contributed by atoms with Crippen LogP contribution in [0.4, 0.5) is 15.2 Å². The van der Waals surface area contributed by atoms with Crippen molar-refractivity contribution in [3.63, 3.8) is 0 Å². The maximum atomic E-state index is 13.2. The molecular formula is C22H25FN2O2S. The summed E-state index contributed by atoms with van der Waals surface area (Å²) in [5.41, 5.74) is 2.10. The highest BCUT2D eigenvalue weighted by Gasteiger charge is 2.58. The number of carbonyl (C=O) groups is 1. The van der Waals surface area contributed by atoms with E-state index in [9.17, 15) is 9.18 Å². The number of nitrogens with one attached hydrogen (secondary N) is 1. The normalized spacial score (nSPS) is 36.3. The van der Waals surface area contributed by atoms with Crippen LogP contribution in [0.1, 0.15) is 50.1 Å². The number of aromatic nitrogens is 1. The van der Waals surface area contributed by atoms with Crippen LogP contribution in [0.15, 0.2) is 24.3 Å². The van der Waals surface area contributed by atoms with E-state index in [0.29, 0.717) is 11.8 Å². The molecule has 6 atom stereocenters. The summed E-state index contributed by atoms with van der Waals surface area (Å²) >= 11 is 1.70. The van der Waals surface area contributed by atoms with E-state index < -0.39 is 0 Å². The van der Waals surface area contributed by atoms with Crippen LogP contribution in [0.2, 0.25) is 0 Å². The number of halogens is 1. The van der Waals surface area contributed by atoms with E-state index in [0.717, 1.165) is 35.8 Å². The van der Waals surface area contributed by atoms with E-state index in [4.69, 9.17) is 9.72 Å². The van der Waals surface area contributed by atoms with Crippen molar-refractivity contribution in [1.82, 2.24) is 4.98 Å². The number of thiazole rings is 1. The Morgan fingerprint density at radius 3 is 2.75 bits per heavy atom. The summed E-state index contributed by atoms with van der Waals surface area (Å²) in [6, 6.07) is 6.35. The number of benzene rings is 1. The molecule has 3 aliphatic rings. The molecule has 1 N–H and O–H groups in total. The van der Waals surface area contributed by atoms with Crippen LogP contribution in [0.5, 0.6) is 0 Å². The van der Waals surface area contributed by atoms with Crippen molar-refractivity contribution >= 4 is 28.1 Å². The fraction of sp³-hybridized carbons (Fsp3) is 0.545. The van der Waals surface area contributed by atoms with E-state index in [1.165, 1.54) is 17.0 Å². The molecule has 2 aromatic rings. The van der Waals surface area contributed by atoms with E-state index >= 15 is 0 Å². The number of nitrogens with zero attached hydrogens (tertiary/aromatic N) is 1. The van der Waals surface area contributed by atoms with Crippen molar-refractivity contribution < 1.29 is 13.9 Å². The lowest BCUT2D eigenvalue weighted by Gasteiger charge is -2.51. The van der Waals surface area contributed by atoms with Crippen molar-refractivity contribution in [3.8, 4) is 0 Å². The Morgan fingerprint density at radius 1 is 1.25 bits per heavy atom. The summed E-state index contributed by atoms with van der Waals surface area (Å²) in [7, 11) is 0. The Balaban J connectivity index is 1.46. The summed E-state index contributed by atoms with van der Waals surface area (Å²) in [4.78, 5) is 18.5. The maximum absolute atomic E-state index is 13.2. The Labute approximate surface area is 168 Å². The Morgan fingerprint density at radius 2 is 2.00 bits per heavy atom. The average molecular weight is 401 g/mol. The zero-order valence-corrected chi connectivity index (χ0v) is 17.2. The Kier molecular flexibility index (Phi) is 4.06. The molecule has 6 unspecified atom stereocenters. The predicted octanol–water partition coefficient (Wildman–Crippen LogP) is 5.28. The van der Waals surface area contributed by atoms with E-state index in [-0.39, 0.29) is 35.1 Å². The molecule has 1 saturated heterocycles. The van der Waals surface area contributed by atoms with Crippen LogP contribution in [-0.4, -0.2) is 17.1 Å². The lowest BCUT2D eigenvalue weighted by molar-refractivity contribution is -0.149. The van der Waals surface area contributed by atoms with Gasteiger partial charge in [-0.25, -0.2) is 9.37 Å². The number of hydrogen-bond donors (Lipinski definition) is 1. The van der Waals surface area contributed by atoms with Gasteiger partial charge in [0, 0.05) is 28.3 Å². The van der Waals surface area contributed by atoms with Gasteiger partial charge in [-0.05, 0) is 48.9 Å². The van der Waals surface area contributed by atoms with Crippen molar-refractivity contribution in [2.75, 3.05) is 5.32 Å². The number of anilines is 2. The molecule has 28 heavy (non-hydrogen) atoms. The minimum absolute atomic E-state index is 0.00860. The third-order valence-corrected chi connectivity index (χ3v) is 8.24. The average Bonchev–Trinajstić information content (AvgIpc) is 3.17. The number of carbonyl (C=O) groups excluding carboxylic acids is 1. The molecule has 1 saturated carbocycles. The Hall–Kier alpha value is -1.95. The van der Waals surface area contributed by atoms with Gasteiger partial charge in [-0.15, -0.1) is 11.3 Å². The molecule has 2 heterocycles. The van der Waals surface area contributed by atoms with E-state index in [1.807, 2.05) is 6.92 Å². The molecule has 4 nitrogen and oxygen atoms in total. The van der Waals surface area contributed by atoms with Crippen molar-refractivity contribution in [2.24, 2.45) is 23.2 Å². The standard InChI is InChI=1S/C22H25FN2O2S/c1-11-15-8-9-22(3)10-16-18(12(2)17(22)19(15)27-20(11)26)25-21(28-16)24-14-6-4-13(23)5-7-14/h4-7,11-12,15,17,19H,8-10H2,1-3H3,(H,24,25). The molecule has 1 aromatic heterocycles. The number of fused-ring (bicyclic) bond motifs is 4. The summed E-state index contributed by atoms with van der Waals surface area (Å²) in [5, 5.41) is 4.16. The van der Waals surface area contributed by atoms with E-state index in [1.54, 1.807) is 23.5 Å². The van der Waals surface area contributed by atoms with Gasteiger partial charge in [0.15, 0.2) is 5.13 Å². The van der Waals surface area contributed by atoms with Gasteiger partial charge in [-0.1, -0.05) is 20.8 Å². The van der Waals surface area contributed by atoms with Crippen molar-refractivity contribution in [3.05, 3.63) is 40.7 Å². The first-order valence-electron chi connectivity index (χ1n) is 10.1.